The fourth-order valence-corrected chi connectivity index (χ4v) is 4.54. The van der Waals surface area contributed by atoms with Crippen LogP contribution in [0.5, 0.6) is 5.75 Å². The lowest BCUT2D eigenvalue weighted by Crippen LogP contribution is -2.31. The largest absolute Gasteiger partial charge is 0.497 e. The van der Waals surface area contributed by atoms with Crippen LogP contribution in [0.15, 0.2) is 48.5 Å². The Morgan fingerprint density at radius 2 is 1.89 bits per heavy atom. The first-order valence-corrected chi connectivity index (χ1v) is 10.9. The van der Waals surface area contributed by atoms with Crippen molar-refractivity contribution in [2.24, 2.45) is 0 Å². The minimum absolute atomic E-state index is 0.0235. The van der Waals surface area contributed by atoms with Crippen LogP contribution in [-0.2, 0) is 10.7 Å². The summed E-state index contributed by atoms with van der Waals surface area (Å²) >= 11 is 0. The van der Waals surface area contributed by atoms with Gasteiger partial charge in [-0.25, -0.2) is 4.79 Å². The molecule has 0 aromatic heterocycles. The zero-order valence-electron chi connectivity index (χ0n) is 15.9. The monoisotopic (exact) mass is 406 g/mol. The van der Waals surface area contributed by atoms with E-state index >= 15 is 0 Å². The number of aliphatic hydroxyl groups excluding tert-OH is 1. The summed E-state index contributed by atoms with van der Waals surface area (Å²) in [6.45, 7) is 1.95. The molecule has 3 atom stereocenters. The van der Waals surface area contributed by atoms with Gasteiger partial charge in [0.25, 0.3) is 0 Å². The zero-order chi connectivity index (χ0) is 20.7. The average Bonchev–Trinajstić information content (AvgIpc) is 2.66. The van der Waals surface area contributed by atoms with Gasteiger partial charge in [-0.05, 0) is 42.3 Å². The molecule has 0 spiro atoms. The van der Waals surface area contributed by atoms with Crippen molar-refractivity contribution < 1.29 is 29.2 Å². The summed E-state index contributed by atoms with van der Waals surface area (Å²) in [6.07, 6.45) is -1.25. The molecule has 0 amide bonds. The Labute approximate surface area is 164 Å². The predicted molar refractivity (Wildman–Crippen MR) is 107 cm³/mol. The Balaban J connectivity index is 1.87. The van der Waals surface area contributed by atoms with Crippen molar-refractivity contribution in [2.45, 2.75) is 25.2 Å². The number of carboxylic acids is 1. The standard InChI is InChI=1S/C20H26NO6P/c1-14(16-4-3-5-17(10-16)20(23)24)21-11-18(22)13-28(25,26)12-15-6-8-19(27-2)9-7-15/h3-10,14,18,21-22H,11-13H2,1-2H3,(H,23,24)(H,25,26)/t14-,18+/m1/s1/i2-1. The van der Waals surface area contributed by atoms with Crippen LogP contribution in [0, 0.1) is 0 Å². The molecule has 7 nitrogen and oxygen atoms in total. The molecule has 28 heavy (non-hydrogen) atoms. The summed E-state index contributed by atoms with van der Waals surface area (Å²) in [5.41, 5.74) is 1.65. The minimum atomic E-state index is -3.56. The highest BCUT2D eigenvalue weighted by atomic mass is 31.2. The Kier molecular flexibility index (Phi) is 7.78. The Bertz CT molecular complexity index is 839. The summed E-state index contributed by atoms with van der Waals surface area (Å²) in [5, 5.41) is 22.3. The maximum atomic E-state index is 12.5. The number of hydrogen-bond acceptors (Lipinski definition) is 5. The number of methoxy groups -OCH3 is 1. The van der Waals surface area contributed by atoms with Gasteiger partial charge in [0.15, 0.2) is 0 Å². The minimum Gasteiger partial charge on any atom is -0.497 e. The van der Waals surface area contributed by atoms with Gasteiger partial charge in [-0.1, -0.05) is 24.3 Å². The third-order valence-electron chi connectivity index (χ3n) is 4.38. The molecule has 0 aliphatic heterocycles. The number of rotatable bonds is 10. The van der Waals surface area contributed by atoms with E-state index in [9.17, 15) is 19.4 Å². The molecular weight excluding hydrogens is 380 g/mol. The molecule has 0 heterocycles. The average molecular weight is 406 g/mol. The molecule has 2 aromatic rings. The summed E-state index contributed by atoms with van der Waals surface area (Å²) < 4.78 is 17.5. The number of hydrogen-bond donors (Lipinski definition) is 4. The normalized spacial score (nSPS) is 15.4. The highest BCUT2D eigenvalue weighted by Crippen LogP contribution is 2.45. The van der Waals surface area contributed by atoms with E-state index in [0.717, 1.165) is 5.56 Å². The fraction of sp³-hybridized carbons (Fsp3) is 0.350. The summed E-state index contributed by atoms with van der Waals surface area (Å²) in [6, 6.07) is 13.2. The number of carboxylic acid groups (broad SMARTS) is 1. The molecule has 2 rings (SSSR count). The Morgan fingerprint density at radius 3 is 2.50 bits per heavy atom. The maximum absolute atomic E-state index is 12.5. The van der Waals surface area contributed by atoms with Gasteiger partial charge in [-0.15, -0.1) is 0 Å². The Morgan fingerprint density at radius 1 is 1.21 bits per heavy atom. The number of aromatic carboxylic acids is 1. The van der Waals surface area contributed by atoms with Crippen molar-refractivity contribution in [1.82, 2.24) is 5.32 Å². The van der Waals surface area contributed by atoms with Crippen LogP contribution in [0.2, 0.25) is 0 Å². The molecule has 0 fully saturated rings. The van der Waals surface area contributed by atoms with E-state index in [1.54, 1.807) is 49.6 Å². The molecule has 1 unspecified atom stereocenters. The number of nitrogens with one attached hydrogen (secondary N) is 1. The van der Waals surface area contributed by atoms with E-state index < -0.39 is 19.4 Å². The van der Waals surface area contributed by atoms with Crippen molar-refractivity contribution in [3.63, 3.8) is 0 Å². The second-order valence-corrected chi connectivity index (χ2v) is 9.12. The number of aliphatic hydroxyl groups is 1. The predicted octanol–water partition coefficient (Wildman–Crippen LogP) is 2.88. The van der Waals surface area contributed by atoms with Crippen LogP contribution in [0.25, 0.3) is 0 Å². The van der Waals surface area contributed by atoms with E-state index in [4.69, 9.17) is 9.84 Å². The van der Waals surface area contributed by atoms with Gasteiger partial charge in [-0.2, -0.15) is 0 Å². The summed E-state index contributed by atoms with van der Waals surface area (Å²) in [7, 11) is -2.01. The van der Waals surface area contributed by atoms with Crippen LogP contribution in [0.4, 0.5) is 0 Å². The van der Waals surface area contributed by atoms with Crippen molar-refractivity contribution in [3.8, 4) is 5.75 Å². The summed E-state index contributed by atoms with van der Waals surface area (Å²) in [4.78, 5) is 21.3. The lowest BCUT2D eigenvalue weighted by atomic mass is 10.1. The first kappa shape index (κ1) is 22.1. The van der Waals surface area contributed by atoms with E-state index in [2.05, 4.69) is 5.32 Å². The van der Waals surface area contributed by atoms with Crippen LogP contribution in [-0.4, -0.2) is 47.0 Å². The molecule has 0 saturated heterocycles. The van der Waals surface area contributed by atoms with E-state index in [1.165, 1.54) is 6.07 Å². The highest BCUT2D eigenvalue weighted by molar-refractivity contribution is 7.57. The lowest BCUT2D eigenvalue weighted by Gasteiger charge is -2.20. The first-order chi connectivity index (χ1) is 13.2. The van der Waals surface area contributed by atoms with E-state index in [0.29, 0.717) is 11.3 Å². The molecule has 0 aliphatic carbocycles. The van der Waals surface area contributed by atoms with Gasteiger partial charge in [0.05, 0.1) is 24.9 Å². The van der Waals surface area contributed by atoms with Gasteiger partial charge in [0, 0.05) is 18.7 Å². The van der Waals surface area contributed by atoms with Gasteiger partial charge >= 0.3 is 5.97 Å². The van der Waals surface area contributed by atoms with Crippen LogP contribution < -0.4 is 10.1 Å². The topological polar surface area (TPSA) is 116 Å². The first-order valence-electron chi connectivity index (χ1n) is 8.88. The van der Waals surface area contributed by atoms with Gasteiger partial charge < -0.3 is 25.2 Å². The molecule has 0 bridgehead atoms. The molecule has 152 valence electrons. The number of ether oxygens (including phenoxy) is 1. The zero-order valence-corrected chi connectivity index (χ0v) is 16.8. The van der Waals surface area contributed by atoms with Crippen molar-refractivity contribution in [1.29, 1.82) is 0 Å². The molecule has 4 N–H and O–H groups in total. The van der Waals surface area contributed by atoms with Crippen molar-refractivity contribution >= 4 is 13.3 Å². The van der Waals surface area contributed by atoms with Gasteiger partial charge in [0.1, 0.15) is 5.75 Å². The molecular formula is C20H26NO6P. The fourth-order valence-electron chi connectivity index (χ4n) is 2.85. The highest BCUT2D eigenvalue weighted by Gasteiger charge is 2.24. The second kappa shape index (κ2) is 9.85. The molecule has 8 heteroatoms. The SMILES string of the molecule is C[C@@H](NC[C@H](O)CP(=O)(O)Cc1ccc(O[11CH3])cc1)c1cccc(C(=O)O)c1. The second-order valence-electron chi connectivity index (χ2n) is 6.75. The third-order valence-corrected chi connectivity index (χ3v) is 6.23. The molecule has 0 aliphatic rings. The molecule has 2 aromatic carbocycles. The number of benzene rings is 2. The van der Waals surface area contributed by atoms with E-state index in [1.807, 2.05) is 6.92 Å². The van der Waals surface area contributed by atoms with Crippen molar-refractivity contribution in [2.75, 3.05) is 19.8 Å². The lowest BCUT2D eigenvalue weighted by molar-refractivity contribution is 0.0696. The van der Waals surface area contributed by atoms with Crippen LogP contribution in [0.3, 0.4) is 0 Å². The van der Waals surface area contributed by atoms with Crippen LogP contribution in [0.1, 0.15) is 34.5 Å². The van der Waals surface area contributed by atoms with E-state index in [-0.39, 0.29) is 30.5 Å². The van der Waals surface area contributed by atoms with Crippen LogP contribution >= 0.6 is 7.37 Å². The summed E-state index contributed by atoms with van der Waals surface area (Å²) in [5.74, 6) is -0.337. The van der Waals surface area contributed by atoms with Gasteiger partial charge in [-0.3, -0.25) is 4.57 Å². The third kappa shape index (κ3) is 6.77. The number of carbonyl (C=O) groups is 1. The Hall–Kier alpha value is -2.18. The quantitative estimate of drug-likeness (QED) is 0.448. The van der Waals surface area contributed by atoms with Gasteiger partial charge in [0.2, 0.25) is 7.37 Å². The molecule has 0 radical (unpaired) electrons. The van der Waals surface area contributed by atoms with Crippen molar-refractivity contribution in [3.05, 3.63) is 65.2 Å². The smallest absolute Gasteiger partial charge is 0.335 e. The molecule has 0 saturated carbocycles. The maximum Gasteiger partial charge on any atom is 0.335 e.